The van der Waals surface area contributed by atoms with Crippen LogP contribution in [0.15, 0.2) is 33.7 Å². The number of aromatic nitrogens is 2. The average molecular weight is 434 g/mol. The van der Waals surface area contributed by atoms with Crippen molar-refractivity contribution in [1.82, 2.24) is 15.0 Å². The van der Waals surface area contributed by atoms with E-state index in [2.05, 4.69) is 10.1 Å². The van der Waals surface area contributed by atoms with E-state index in [1.54, 1.807) is 23.3 Å². The highest BCUT2D eigenvalue weighted by Crippen LogP contribution is 2.35. The standard InChI is InChI=1S/C21H27N3O5S/c1-21(10-3-11-21)28-20(25)24-12-8-16(9-13-24)27-14-18-22-19(29-23-18)15-4-6-17(7-5-15)30(2)26/h4-7,16H,3,8-14H2,1-2H3. The van der Waals surface area contributed by atoms with Crippen molar-refractivity contribution in [3.63, 3.8) is 0 Å². The predicted molar refractivity (Wildman–Crippen MR) is 110 cm³/mol. The number of rotatable bonds is 6. The Kier molecular flexibility index (Phi) is 6.19. The number of carbonyl (C=O) groups is 1. The average Bonchev–Trinajstić information content (AvgIpc) is 3.20. The summed E-state index contributed by atoms with van der Waals surface area (Å²) in [7, 11) is -1.02. The minimum absolute atomic E-state index is 0.0501. The smallest absolute Gasteiger partial charge is 0.410 e. The van der Waals surface area contributed by atoms with E-state index < -0.39 is 10.8 Å². The normalized spacial score (nSPS) is 19.9. The van der Waals surface area contributed by atoms with Crippen LogP contribution in [0.2, 0.25) is 0 Å². The summed E-state index contributed by atoms with van der Waals surface area (Å²) in [5.41, 5.74) is 0.504. The summed E-state index contributed by atoms with van der Waals surface area (Å²) in [6.07, 6.45) is 6.02. The van der Waals surface area contributed by atoms with Gasteiger partial charge in [-0.1, -0.05) is 5.16 Å². The zero-order chi connectivity index (χ0) is 21.1. The second-order valence-corrected chi connectivity index (χ2v) is 9.54. The van der Waals surface area contributed by atoms with E-state index in [0.717, 1.165) is 42.6 Å². The van der Waals surface area contributed by atoms with Crippen molar-refractivity contribution in [3.8, 4) is 11.5 Å². The molecule has 0 N–H and O–H groups in total. The summed E-state index contributed by atoms with van der Waals surface area (Å²) in [6, 6.07) is 7.20. The molecule has 0 bridgehead atoms. The molecule has 0 radical (unpaired) electrons. The fourth-order valence-electron chi connectivity index (χ4n) is 3.67. The second-order valence-electron chi connectivity index (χ2n) is 8.16. The van der Waals surface area contributed by atoms with Crippen molar-refractivity contribution < 1.29 is 23.0 Å². The summed E-state index contributed by atoms with van der Waals surface area (Å²) in [5.74, 6) is 0.886. The van der Waals surface area contributed by atoms with Gasteiger partial charge >= 0.3 is 6.09 Å². The number of hydrogen-bond donors (Lipinski definition) is 0. The van der Waals surface area contributed by atoms with Crippen LogP contribution in [0.4, 0.5) is 4.79 Å². The first-order valence-electron chi connectivity index (χ1n) is 10.3. The Morgan fingerprint density at radius 3 is 2.57 bits per heavy atom. The molecule has 2 heterocycles. The highest BCUT2D eigenvalue weighted by atomic mass is 32.2. The van der Waals surface area contributed by atoms with E-state index >= 15 is 0 Å². The SMILES string of the molecule is CS(=O)c1ccc(-c2nc(COC3CCN(C(=O)OC4(C)CCC4)CC3)no2)cc1. The number of likely N-dealkylation sites (tertiary alicyclic amines) is 1. The van der Waals surface area contributed by atoms with Crippen LogP contribution < -0.4 is 0 Å². The van der Waals surface area contributed by atoms with Gasteiger partial charge in [-0.2, -0.15) is 4.98 Å². The largest absolute Gasteiger partial charge is 0.443 e. The zero-order valence-corrected chi connectivity index (χ0v) is 18.2. The van der Waals surface area contributed by atoms with E-state index in [0.29, 0.717) is 24.8 Å². The first kappa shape index (κ1) is 21.0. The second kappa shape index (κ2) is 8.85. The molecule has 2 aromatic rings. The fraction of sp³-hybridized carbons (Fsp3) is 0.571. The quantitative estimate of drug-likeness (QED) is 0.688. The van der Waals surface area contributed by atoms with Gasteiger partial charge in [0.1, 0.15) is 12.2 Å². The lowest BCUT2D eigenvalue weighted by molar-refractivity contribution is -0.0581. The van der Waals surface area contributed by atoms with E-state index in [9.17, 15) is 9.00 Å². The van der Waals surface area contributed by atoms with Gasteiger partial charge in [0.05, 0.1) is 6.10 Å². The maximum absolute atomic E-state index is 12.3. The van der Waals surface area contributed by atoms with Crippen molar-refractivity contribution in [2.75, 3.05) is 19.3 Å². The van der Waals surface area contributed by atoms with Crippen molar-refractivity contribution in [2.45, 2.75) is 62.2 Å². The van der Waals surface area contributed by atoms with Crippen molar-refractivity contribution in [1.29, 1.82) is 0 Å². The lowest BCUT2D eigenvalue weighted by Crippen LogP contribution is -2.47. The number of carbonyl (C=O) groups excluding carboxylic acids is 1. The van der Waals surface area contributed by atoms with Crippen LogP contribution in [0, 0.1) is 0 Å². The minimum atomic E-state index is -1.02. The number of amides is 1. The molecule has 2 aliphatic rings. The molecule has 2 fully saturated rings. The van der Waals surface area contributed by atoms with Gasteiger partial charge in [-0.15, -0.1) is 0 Å². The fourth-order valence-corrected chi connectivity index (χ4v) is 4.19. The highest BCUT2D eigenvalue weighted by Gasteiger charge is 2.37. The lowest BCUT2D eigenvalue weighted by atomic mass is 9.82. The van der Waals surface area contributed by atoms with Gasteiger partial charge in [0.2, 0.25) is 0 Å². The van der Waals surface area contributed by atoms with Crippen LogP contribution in [0.5, 0.6) is 0 Å². The number of hydrogen-bond acceptors (Lipinski definition) is 7. The Labute approximate surface area is 178 Å². The predicted octanol–water partition coefficient (Wildman–Crippen LogP) is 3.53. The van der Waals surface area contributed by atoms with Gasteiger partial charge in [0.25, 0.3) is 5.89 Å². The molecule has 1 saturated carbocycles. The summed E-state index contributed by atoms with van der Waals surface area (Å²) < 4.78 is 28.4. The molecular formula is C21H27N3O5S. The molecule has 1 atom stereocenters. The van der Waals surface area contributed by atoms with Crippen LogP contribution in [0.1, 0.15) is 44.9 Å². The molecule has 1 aliphatic carbocycles. The summed E-state index contributed by atoms with van der Waals surface area (Å²) in [6.45, 7) is 3.51. The topological polar surface area (TPSA) is 94.8 Å². The van der Waals surface area contributed by atoms with Gasteiger partial charge in [0, 0.05) is 40.6 Å². The lowest BCUT2D eigenvalue weighted by Gasteiger charge is -2.40. The first-order chi connectivity index (χ1) is 14.4. The molecule has 1 unspecified atom stereocenters. The van der Waals surface area contributed by atoms with Crippen molar-refractivity contribution in [3.05, 3.63) is 30.1 Å². The van der Waals surface area contributed by atoms with Crippen LogP contribution in [0.25, 0.3) is 11.5 Å². The molecule has 30 heavy (non-hydrogen) atoms. The molecular weight excluding hydrogens is 406 g/mol. The maximum Gasteiger partial charge on any atom is 0.410 e. The van der Waals surface area contributed by atoms with Crippen LogP contribution in [0.3, 0.4) is 0 Å². The van der Waals surface area contributed by atoms with Crippen molar-refractivity contribution >= 4 is 16.9 Å². The molecule has 9 heteroatoms. The summed E-state index contributed by atoms with van der Waals surface area (Å²) >= 11 is 0. The number of piperidine rings is 1. The van der Waals surface area contributed by atoms with Crippen LogP contribution in [-0.2, 0) is 26.9 Å². The Hall–Kier alpha value is -2.26. The molecule has 0 spiro atoms. The van der Waals surface area contributed by atoms with E-state index in [1.165, 1.54) is 0 Å². The molecule has 4 rings (SSSR count). The molecule has 1 aliphatic heterocycles. The van der Waals surface area contributed by atoms with Crippen LogP contribution >= 0.6 is 0 Å². The van der Waals surface area contributed by atoms with Gasteiger partial charge < -0.3 is 18.9 Å². The van der Waals surface area contributed by atoms with E-state index in [4.69, 9.17) is 14.0 Å². The Morgan fingerprint density at radius 2 is 1.97 bits per heavy atom. The van der Waals surface area contributed by atoms with Crippen molar-refractivity contribution in [2.24, 2.45) is 0 Å². The maximum atomic E-state index is 12.3. The highest BCUT2D eigenvalue weighted by molar-refractivity contribution is 7.84. The third-order valence-corrected chi connectivity index (χ3v) is 6.73. The number of benzene rings is 1. The molecule has 1 aromatic carbocycles. The number of ether oxygens (including phenoxy) is 2. The Balaban J connectivity index is 1.23. The van der Waals surface area contributed by atoms with E-state index in [1.807, 2.05) is 19.1 Å². The summed E-state index contributed by atoms with van der Waals surface area (Å²) in [4.78, 5) is 19.2. The third-order valence-electron chi connectivity index (χ3n) is 5.79. The summed E-state index contributed by atoms with van der Waals surface area (Å²) in [5, 5.41) is 3.98. The monoisotopic (exact) mass is 433 g/mol. The molecule has 162 valence electrons. The van der Waals surface area contributed by atoms with Gasteiger partial charge in [0.15, 0.2) is 5.82 Å². The molecule has 1 aromatic heterocycles. The molecule has 1 saturated heterocycles. The minimum Gasteiger partial charge on any atom is -0.443 e. The van der Waals surface area contributed by atoms with Gasteiger partial charge in [-0.05, 0) is 63.3 Å². The van der Waals surface area contributed by atoms with Gasteiger partial charge in [-0.25, -0.2) is 4.79 Å². The first-order valence-corrected chi connectivity index (χ1v) is 11.8. The Bertz CT molecular complexity index is 902. The molecule has 8 nitrogen and oxygen atoms in total. The Morgan fingerprint density at radius 1 is 1.27 bits per heavy atom. The van der Waals surface area contributed by atoms with Gasteiger partial charge in [-0.3, -0.25) is 4.21 Å². The number of nitrogens with zero attached hydrogens (tertiary/aromatic N) is 3. The van der Waals surface area contributed by atoms with Crippen LogP contribution in [-0.4, -0.2) is 56.4 Å². The third kappa shape index (κ3) is 4.89. The zero-order valence-electron chi connectivity index (χ0n) is 17.3. The molecule has 1 amide bonds. The van der Waals surface area contributed by atoms with E-state index in [-0.39, 0.29) is 24.4 Å².